The molecule has 0 unspecified atom stereocenters. The largest absolute Gasteiger partial charge is 0.330 e. The first kappa shape index (κ1) is 15.7. The number of nitrogens with one attached hydrogen (secondary N) is 1. The van der Waals surface area contributed by atoms with E-state index in [-0.39, 0.29) is 6.54 Å². The fourth-order valence-corrected chi connectivity index (χ4v) is 3.16. The third-order valence-electron chi connectivity index (χ3n) is 3.22. The zero-order chi connectivity index (χ0) is 15.3. The second kappa shape index (κ2) is 6.85. The maximum atomic E-state index is 12.2. The molecule has 3 N–H and O–H groups in total. The summed E-state index contributed by atoms with van der Waals surface area (Å²) < 4.78 is 27.0. The van der Waals surface area contributed by atoms with Crippen molar-refractivity contribution in [3.8, 4) is 0 Å². The van der Waals surface area contributed by atoms with Crippen LogP contribution in [0.1, 0.15) is 16.7 Å². The third-order valence-corrected chi connectivity index (χ3v) is 4.62. The SMILES string of the molecule is Cc1cccc(S(=O)(=O)NCc2ccc(CCN)cc2)c1. The van der Waals surface area contributed by atoms with E-state index in [0.717, 1.165) is 23.1 Å². The molecule has 0 aromatic heterocycles. The number of hydrogen-bond acceptors (Lipinski definition) is 3. The Bertz CT molecular complexity index is 694. The molecule has 0 aliphatic heterocycles. The average Bonchev–Trinajstić information content (AvgIpc) is 2.47. The Morgan fingerprint density at radius 2 is 1.71 bits per heavy atom. The summed E-state index contributed by atoms with van der Waals surface area (Å²) in [6.07, 6.45) is 0.829. The highest BCUT2D eigenvalue weighted by Crippen LogP contribution is 2.12. The van der Waals surface area contributed by atoms with Gasteiger partial charge in [0.15, 0.2) is 0 Å². The molecule has 0 aliphatic rings. The van der Waals surface area contributed by atoms with Crippen molar-refractivity contribution >= 4 is 10.0 Å². The minimum absolute atomic E-state index is 0.277. The lowest BCUT2D eigenvalue weighted by Crippen LogP contribution is -2.23. The van der Waals surface area contributed by atoms with Gasteiger partial charge >= 0.3 is 0 Å². The van der Waals surface area contributed by atoms with Crippen LogP contribution >= 0.6 is 0 Å². The van der Waals surface area contributed by atoms with Crippen LogP contribution in [-0.4, -0.2) is 15.0 Å². The van der Waals surface area contributed by atoms with Gasteiger partial charge in [-0.3, -0.25) is 0 Å². The van der Waals surface area contributed by atoms with E-state index in [2.05, 4.69) is 4.72 Å². The highest BCUT2D eigenvalue weighted by molar-refractivity contribution is 7.89. The van der Waals surface area contributed by atoms with Crippen LogP contribution in [0.25, 0.3) is 0 Å². The van der Waals surface area contributed by atoms with Crippen LogP contribution in [0.3, 0.4) is 0 Å². The van der Waals surface area contributed by atoms with Gasteiger partial charge in [0.25, 0.3) is 0 Å². The minimum atomic E-state index is -3.47. The predicted molar refractivity (Wildman–Crippen MR) is 84.4 cm³/mol. The summed E-state index contributed by atoms with van der Waals surface area (Å²) in [5.41, 5.74) is 8.50. The summed E-state index contributed by atoms with van der Waals surface area (Å²) in [5, 5.41) is 0. The quantitative estimate of drug-likeness (QED) is 0.857. The van der Waals surface area contributed by atoms with E-state index in [1.54, 1.807) is 18.2 Å². The molecule has 0 atom stereocenters. The van der Waals surface area contributed by atoms with Crippen LogP contribution in [0.2, 0.25) is 0 Å². The van der Waals surface area contributed by atoms with Gasteiger partial charge in [-0.05, 0) is 48.7 Å². The van der Waals surface area contributed by atoms with Crippen molar-refractivity contribution in [3.05, 3.63) is 65.2 Å². The van der Waals surface area contributed by atoms with Crippen molar-refractivity contribution in [2.45, 2.75) is 24.8 Å². The van der Waals surface area contributed by atoms with E-state index in [1.165, 1.54) is 0 Å². The van der Waals surface area contributed by atoms with Gasteiger partial charge in [-0.1, -0.05) is 36.4 Å². The maximum Gasteiger partial charge on any atom is 0.240 e. The summed E-state index contributed by atoms with van der Waals surface area (Å²) in [5.74, 6) is 0. The van der Waals surface area contributed by atoms with Crippen LogP contribution in [0.4, 0.5) is 0 Å². The molecular formula is C16H20N2O2S. The second-order valence-corrected chi connectivity index (χ2v) is 6.76. The second-order valence-electron chi connectivity index (χ2n) is 5.00. The Balaban J connectivity index is 2.04. The van der Waals surface area contributed by atoms with Crippen molar-refractivity contribution in [2.75, 3.05) is 6.54 Å². The van der Waals surface area contributed by atoms with E-state index in [4.69, 9.17) is 5.73 Å². The Kier molecular flexibility index (Phi) is 5.12. The zero-order valence-electron chi connectivity index (χ0n) is 12.0. The molecule has 0 amide bonds. The molecule has 0 heterocycles. The van der Waals surface area contributed by atoms with Gasteiger partial charge in [0.1, 0.15) is 0 Å². The Labute approximate surface area is 126 Å². The summed E-state index contributed by atoms with van der Waals surface area (Å²) in [7, 11) is -3.47. The highest BCUT2D eigenvalue weighted by atomic mass is 32.2. The average molecular weight is 304 g/mol. The van der Waals surface area contributed by atoms with Crippen LogP contribution < -0.4 is 10.5 Å². The van der Waals surface area contributed by atoms with Crippen molar-refractivity contribution in [1.29, 1.82) is 0 Å². The standard InChI is InChI=1S/C16H20N2O2S/c1-13-3-2-4-16(11-13)21(19,20)18-12-15-7-5-14(6-8-15)9-10-17/h2-8,11,18H,9-10,12,17H2,1H3. The van der Waals surface area contributed by atoms with Crippen LogP contribution in [-0.2, 0) is 23.0 Å². The minimum Gasteiger partial charge on any atom is -0.330 e. The topological polar surface area (TPSA) is 72.2 Å². The van der Waals surface area contributed by atoms with Crippen molar-refractivity contribution < 1.29 is 8.42 Å². The van der Waals surface area contributed by atoms with Crippen LogP contribution in [0.15, 0.2) is 53.4 Å². The third kappa shape index (κ3) is 4.39. The fraction of sp³-hybridized carbons (Fsp3) is 0.250. The Morgan fingerprint density at radius 1 is 1.05 bits per heavy atom. The summed E-state index contributed by atoms with van der Waals surface area (Å²) >= 11 is 0. The Hall–Kier alpha value is -1.69. The van der Waals surface area contributed by atoms with Gasteiger partial charge in [-0.2, -0.15) is 0 Å². The van der Waals surface area contributed by atoms with Crippen LogP contribution in [0.5, 0.6) is 0 Å². The molecular weight excluding hydrogens is 284 g/mol. The molecule has 4 nitrogen and oxygen atoms in total. The number of nitrogens with two attached hydrogens (primary N) is 1. The van der Waals surface area contributed by atoms with Gasteiger partial charge in [-0.15, -0.1) is 0 Å². The molecule has 2 aromatic rings. The van der Waals surface area contributed by atoms with E-state index in [0.29, 0.717) is 11.4 Å². The molecule has 21 heavy (non-hydrogen) atoms. The molecule has 0 radical (unpaired) electrons. The van der Waals surface area contributed by atoms with Crippen LogP contribution in [0, 0.1) is 6.92 Å². The molecule has 5 heteroatoms. The molecule has 112 valence electrons. The lowest BCUT2D eigenvalue weighted by molar-refractivity contribution is 0.581. The molecule has 0 saturated carbocycles. The van der Waals surface area contributed by atoms with Crippen molar-refractivity contribution in [2.24, 2.45) is 5.73 Å². The maximum absolute atomic E-state index is 12.2. The molecule has 2 rings (SSSR count). The number of sulfonamides is 1. The van der Waals surface area contributed by atoms with Crippen molar-refractivity contribution in [1.82, 2.24) is 4.72 Å². The highest BCUT2D eigenvalue weighted by Gasteiger charge is 2.13. The molecule has 2 aromatic carbocycles. The lowest BCUT2D eigenvalue weighted by atomic mass is 10.1. The number of aryl methyl sites for hydroxylation is 1. The lowest BCUT2D eigenvalue weighted by Gasteiger charge is -2.08. The van der Waals surface area contributed by atoms with Gasteiger partial charge < -0.3 is 5.73 Å². The van der Waals surface area contributed by atoms with Gasteiger partial charge in [0, 0.05) is 6.54 Å². The first-order chi connectivity index (χ1) is 10.0. The van der Waals surface area contributed by atoms with E-state index in [1.807, 2.05) is 37.3 Å². The number of benzene rings is 2. The fourth-order valence-electron chi connectivity index (χ4n) is 2.03. The summed E-state index contributed by atoms with van der Waals surface area (Å²) in [6.45, 7) is 2.76. The first-order valence-electron chi connectivity index (χ1n) is 6.85. The molecule has 0 spiro atoms. The van der Waals surface area contributed by atoms with Crippen molar-refractivity contribution in [3.63, 3.8) is 0 Å². The number of rotatable bonds is 6. The van der Waals surface area contributed by atoms with Gasteiger partial charge in [-0.25, -0.2) is 13.1 Å². The van der Waals surface area contributed by atoms with E-state index >= 15 is 0 Å². The zero-order valence-corrected chi connectivity index (χ0v) is 12.9. The molecule has 0 aliphatic carbocycles. The molecule has 0 fully saturated rings. The van der Waals surface area contributed by atoms with E-state index in [9.17, 15) is 8.42 Å². The monoisotopic (exact) mass is 304 g/mol. The van der Waals surface area contributed by atoms with Gasteiger partial charge in [0.05, 0.1) is 4.90 Å². The smallest absolute Gasteiger partial charge is 0.240 e. The van der Waals surface area contributed by atoms with Gasteiger partial charge in [0.2, 0.25) is 10.0 Å². The summed E-state index contributed by atoms with van der Waals surface area (Å²) in [4.78, 5) is 0.294. The normalized spacial score (nSPS) is 11.5. The summed E-state index contributed by atoms with van der Waals surface area (Å²) in [6, 6.07) is 14.7. The first-order valence-corrected chi connectivity index (χ1v) is 8.34. The number of hydrogen-bond donors (Lipinski definition) is 2. The molecule has 0 bridgehead atoms. The molecule has 0 saturated heterocycles. The van der Waals surface area contributed by atoms with E-state index < -0.39 is 10.0 Å². The predicted octanol–water partition coefficient (Wildman–Crippen LogP) is 1.97. The Morgan fingerprint density at radius 3 is 2.33 bits per heavy atom.